The molecular formula is C21H20N6O3S2. The van der Waals surface area contributed by atoms with E-state index in [-0.39, 0.29) is 5.82 Å². The number of nitrogens with one attached hydrogen (secondary N) is 1. The molecule has 0 fully saturated rings. The van der Waals surface area contributed by atoms with Crippen LogP contribution in [0.15, 0.2) is 64.9 Å². The monoisotopic (exact) mass is 468 g/mol. The van der Waals surface area contributed by atoms with Gasteiger partial charge in [-0.3, -0.25) is 4.98 Å². The summed E-state index contributed by atoms with van der Waals surface area (Å²) in [6, 6.07) is 11.2. The number of anilines is 2. The number of nitrogens with zero attached hydrogens (tertiary/aromatic N) is 5. The van der Waals surface area contributed by atoms with Crippen molar-refractivity contribution in [1.29, 1.82) is 0 Å². The van der Waals surface area contributed by atoms with Gasteiger partial charge in [0, 0.05) is 41.1 Å². The molecule has 32 heavy (non-hydrogen) atoms. The van der Waals surface area contributed by atoms with Crippen LogP contribution in [0.25, 0.3) is 0 Å². The Labute approximate surface area is 192 Å². The van der Waals surface area contributed by atoms with Crippen LogP contribution in [0.3, 0.4) is 0 Å². The molecule has 4 rings (SSSR count). The maximum atomic E-state index is 10.2. The molecule has 0 aliphatic rings. The van der Waals surface area contributed by atoms with Gasteiger partial charge in [-0.25, -0.2) is 15.0 Å². The molecule has 4 aromatic rings. The van der Waals surface area contributed by atoms with E-state index in [1.54, 1.807) is 24.7 Å². The Balaban J connectivity index is 1.65. The van der Waals surface area contributed by atoms with E-state index in [0.717, 1.165) is 27.1 Å². The number of aromatic nitrogens is 5. The minimum atomic E-state index is -1.53. The van der Waals surface area contributed by atoms with Crippen molar-refractivity contribution in [3.05, 3.63) is 66.5 Å². The van der Waals surface area contributed by atoms with Crippen LogP contribution in [0, 0.1) is 6.92 Å². The Morgan fingerprint density at radius 1 is 1.12 bits per heavy atom. The van der Waals surface area contributed by atoms with Gasteiger partial charge in [0.1, 0.15) is 16.4 Å². The van der Waals surface area contributed by atoms with Crippen molar-refractivity contribution in [2.75, 3.05) is 11.9 Å². The number of rotatable bonds is 8. The predicted octanol–water partition coefficient (Wildman–Crippen LogP) is 3.92. The average Bonchev–Trinajstić information content (AvgIpc) is 3.27. The highest BCUT2D eigenvalue weighted by molar-refractivity contribution is 7.99. The molecule has 0 saturated carbocycles. The Morgan fingerprint density at radius 3 is 2.72 bits per heavy atom. The molecule has 0 aliphatic carbocycles. The Hall–Kier alpha value is -3.12. The first-order chi connectivity index (χ1) is 15.4. The SMILES string of the molecule is Cc1ncccc1Oc1cc(Sc2ccccn2)cnc1Nc1nc([C@](C)(O)CO)ns1. The number of aliphatic hydroxyl groups excluding tert-OH is 1. The van der Waals surface area contributed by atoms with Crippen LogP contribution in [0.5, 0.6) is 11.5 Å². The highest BCUT2D eigenvalue weighted by atomic mass is 32.2. The number of hydrogen-bond acceptors (Lipinski definition) is 11. The minimum Gasteiger partial charge on any atom is -0.452 e. The summed E-state index contributed by atoms with van der Waals surface area (Å²) in [6.45, 7) is 2.81. The van der Waals surface area contributed by atoms with E-state index >= 15 is 0 Å². The maximum Gasteiger partial charge on any atom is 0.208 e. The Morgan fingerprint density at radius 2 is 1.97 bits per heavy atom. The highest BCUT2D eigenvalue weighted by Gasteiger charge is 2.27. The molecule has 0 spiro atoms. The van der Waals surface area contributed by atoms with Crippen molar-refractivity contribution in [3.8, 4) is 11.5 Å². The van der Waals surface area contributed by atoms with Gasteiger partial charge >= 0.3 is 0 Å². The fraction of sp³-hybridized carbons (Fsp3) is 0.190. The smallest absolute Gasteiger partial charge is 0.208 e. The van der Waals surface area contributed by atoms with Crippen molar-refractivity contribution in [2.24, 2.45) is 0 Å². The van der Waals surface area contributed by atoms with Crippen molar-refractivity contribution >= 4 is 34.2 Å². The van der Waals surface area contributed by atoms with Gasteiger partial charge in [-0.2, -0.15) is 4.37 Å². The van der Waals surface area contributed by atoms with E-state index in [0.29, 0.717) is 22.4 Å². The van der Waals surface area contributed by atoms with E-state index in [1.165, 1.54) is 18.7 Å². The Kier molecular flexibility index (Phi) is 6.61. The molecule has 0 amide bonds. The highest BCUT2D eigenvalue weighted by Crippen LogP contribution is 2.36. The summed E-state index contributed by atoms with van der Waals surface area (Å²) in [5, 5.41) is 23.8. The van der Waals surface area contributed by atoms with Crippen LogP contribution in [-0.4, -0.2) is 41.1 Å². The molecule has 1 atom stereocenters. The third kappa shape index (κ3) is 5.19. The van der Waals surface area contributed by atoms with Gasteiger partial charge in [-0.1, -0.05) is 17.8 Å². The van der Waals surface area contributed by atoms with E-state index in [4.69, 9.17) is 4.74 Å². The normalized spacial score (nSPS) is 12.9. The molecule has 9 nitrogen and oxygen atoms in total. The fourth-order valence-electron chi connectivity index (χ4n) is 2.54. The van der Waals surface area contributed by atoms with Crippen LogP contribution >= 0.6 is 23.3 Å². The van der Waals surface area contributed by atoms with Crippen LogP contribution in [0.1, 0.15) is 18.4 Å². The van der Waals surface area contributed by atoms with Gasteiger partial charge in [0.2, 0.25) is 5.13 Å². The summed E-state index contributed by atoms with van der Waals surface area (Å²) < 4.78 is 10.3. The van der Waals surface area contributed by atoms with Crippen LogP contribution in [0.4, 0.5) is 10.9 Å². The van der Waals surface area contributed by atoms with Gasteiger partial charge < -0.3 is 20.3 Å². The second-order valence-corrected chi connectivity index (χ2v) is 8.80. The molecule has 0 bridgehead atoms. The van der Waals surface area contributed by atoms with Gasteiger partial charge in [0.25, 0.3) is 0 Å². The molecule has 0 saturated heterocycles. The number of aryl methyl sites for hydroxylation is 1. The lowest BCUT2D eigenvalue weighted by molar-refractivity contribution is -0.00865. The molecule has 0 radical (unpaired) electrons. The third-order valence-corrected chi connectivity index (χ3v) is 5.85. The molecule has 0 unspecified atom stereocenters. The van der Waals surface area contributed by atoms with Gasteiger partial charge in [-0.15, -0.1) is 0 Å². The Bertz CT molecular complexity index is 1200. The maximum absolute atomic E-state index is 10.2. The summed E-state index contributed by atoms with van der Waals surface area (Å²) >= 11 is 2.50. The molecule has 164 valence electrons. The molecular weight excluding hydrogens is 448 g/mol. The van der Waals surface area contributed by atoms with E-state index in [1.807, 2.05) is 37.3 Å². The van der Waals surface area contributed by atoms with Crippen LogP contribution in [-0.2, 0) is 5.60 Å². The van der Waals surface area contributed by atoms with Gasteiger partial charge in [-0.05, 0) is 38.1 Å². The van der Waals surface area contributed by atoms with E-state index in [9.17, 15) is 10.2 Å². The zero-order chi connectivity index (χ0) is 22.6. The van der Waals surface area contributed by atoms with Crippen LogP contribution in [0.2, 0.25) is 0 Å². The van der Waals surface area contributed by atoms with E-state index < -0.39 is 12.2 Å². The summed E-state index contributed by atoms with van der Waals surface area (Å²) in [6.07, 6.45) is 5.13. The molecule has 0 aliphatic heterocycles. The number of hydrogen-bond donors (Lipinski definition) is 3. The zero-order valence-electron chi connectivity index (χ0n) is 17.3. The molecule has 11 heteroatoms. The quantitative estimate of drug-likeness (QED) is 0.350. The average molecular weight is 469 g/mol. The topological polar surface area (TPSA) is 126 Å². The third-order valence-electron chi connectivity index (χ3n) is 4.31. The lowest BCUT2D eigenvalue weighted by atomic mass is 10.1. The number of aliphatic hydroxyl groups is 2. The predicted molar refractivity (Wildman–Crippen MR) is 121 cm³/mol. The largest absolute Gasteiger partial charge is 0.452 e. The lowest BCUT2D eigenvalue weighted by Gasteiger charge is -2.15. The van der Waals surface area contributed by atoms with Crippen molar-refractivity contribution in [3.63, 3.8) is 0 Å². The van der Waals surface area contributed by atoms with Crippen molar-refractivity contribution in [2.45, 2.75) is 29.4 Å². The van der Waals surface area contributed by atoms with E-state index in [2.05, 4.69) is 29.6 Å². The van der Waals surface area contributed by atoms with Crippen molar-refractivity contribution < 1.29 is 14.9 Å². The molecule has 0 aromatic carbocycles. The summed E-state index contributed by atoms with van der Waals surface area (Å²) in [5.74, 6) is 1.61. The first-order valence-corrected chi connectivity index (χ1v) is 11.2. The first-order valence-electron chi connectivity index (χ1n) is 9.57. The zero-order valence-corrected chi connectivity index (χ0v) is 18.9. The lowest BCUT2D eigenvalue weighted by Crippen LogP contribution is -2.27. The van der Waals surface area contributed by atoms with Gasteiger partial charge in [0.05, 0.1) is 12.3 Å². The minimum absolute atomic E-state index is 0.125. The second-order valence-electron chi connectivity index (χ2n) is 6.96. The second kappa shape index (κ2) is 9.57. The number of ether oxygens (including phenoxy) is 1. The summed E-state index contributed by atoms with van der Waals surface area (Å²) in [5.41, 5.74) is -0.794. The van der Waals surface area contributed by atoms with Gasteiger partial charge in [0.15, 0.2) is 17.4 Å². The van der Waals surface area contributed by atoms with Crippen LogP contribution < -0.4 is 10.1 Å². The number of pyridine rings is 3. The summed E-state index contributed by atoms with van der Waals surface area (Å²) in [7, 11) is 0. The molecule has 4 heterocycles. The standard InChI is InChI=1S/C21H20N6O3S2/c1-13-15(6-5-9-22-13)30-16-10-14(31-17-7-3-4-8-23-17)11-24-18(16)25-20-26-19(27-32-20)21(2,29)12-28/h3-11,28-29H,12H2,1-2H3,(H,24,25,26,27)/t21-/m1/s1. The summed E-state index contributed by atoms with van der Waals surface area (Å²) in [4.78, 5) is 18.2. The fourth-order valence-corrected chi connectivity index (χ4v) is 4.00. The molecule has 4 aromatic heterocycles. The van der Waals surface area contributed by atoms with Crippen molar-refractivity contribution in [1.82, 2.24) is 24.3 Å². The molecule has 3 N–H and O–H groups in total. The first kappa shape index (κ1) is 22.1.